The highest BCUT2D eigenvalue weighted by atomic mass is 16.1. The molecule has 1 amide bonds. The van der Waals surface area contributed by atoms with Gasteiger partial charge in [-0.25, -0.2) is 14.6 Å². The molecule has 0 saturated carbocycles. The van der Waals surface area contributed by atoms with E-state index in [2.05, 4.69) is 51.5 Å². The lowest BCUT2D eigenvalue weighted by molar-refractivity contribution is -0.118. The van der Waals surface area contributed by atoms with Crippen LogP contribution in [0.4, 0.5) is 5.82 Å². The SMILES string of the molecule is Cc1cc(NC(=O)C(C)C)n(-c2ncnc3c2cnn3-c2ccc(C)c(C)c2)n1. The third-order valence-corrected chi connectivity index (χ3v) is 4.89. The molecule has 8 nitrogen and oxygen atoms in total. The van der Waals surface area contributed by atoms with Crippen LogP contribution in [0.2, 0.25) is 0 Å². The minimum atomic E-state index is -0.142. The van der Waals surface area contributed by atoms with Crippen molar-refractivity contribution in [3.63, 3.8) is 0 Å². The standard InChI is InChI=1S/C21H23N7O/c1-12(2)21(29)25-18-9-15(5)26-28(18)20-17-10-24-27(19(17)22-11-23-20)16-7-6-13(3)14(4)8-16/h6-12H,1-5H3,(H,25,29). The minimum absolute atomic E-state index is 0.0812. The van der Waals surface area contributed by atoms with Gasteiger partial charge in [0.1, 0.15) is 12.1 Å². The summed E-state index contributed by atoms with van der Waals surface area (Å²) in [4.78, 5) is 21.1. The Morgan fingerprint density at radius 2 is 1.83 bits per heavy atom. The highest BCUT2D eigenvalue weighted by Gasteiger charge is 2.18. The molecule has 3 aromatic heterocycles. The van der Waals surface area contributed by atoms with Crippen molar-refractivity contribution < 1.29 is 4.79 Å². The van der Waals surface area contributed by atoms with Gasteiger partial charge in [0.25, 0.3) is 0 Å². The lowest BCUT2D eigenvalue weighted by atomic mass is 10.1. The zero-order valence-corrected chi connectivity index (χ0v) is 17.1. The van der Waals surface area contributed by atoms with Crippen LogP contribution in [0.25, 0.3) is 22.5 Å². The Kier molecular flexibility index (Phi) is 4.62. The maximum Gasteiger partial charge on any atom is 0.228 e. The Morgan fingerprint density at radius 3 is 2.55 bits per heavy atom. The van der Waals surface area contributed by atoms with E-state index in [4.69, 9.17) is 0 Å². The summed E-state index contributed by atoms with van der Waals surface area (Å²) in [5.74, 6) is 0.913. The normalized spacial score (nSPS) is 11.4. The third kappa shape index (κ3) is 3.37. The number of hydrogen-bond acceptors (Lipinski definition) is 5. The molecule has 0 saturated heterocycles. The van der Waals surface area contributed by atoms with Gasteiger partial charge < -0.3 is 5.32 Å². The number of aromatic nitrogens is 6. The lowest BCUT2D eigenvalue weighted by Crippen LogP contribution is -2.20. The molecule has 0 radical (unpaired) electrons. The highest BCUT2D eigenvalue weighted by molar-refractivity contribution is 5.92. The molecule has 0 unspecified atom stereocenters. The van der Waals surface area contributed by atoms with E-state index >= 15 is 0 Å². The van der Waals surface area contributed by atoms with E-state index in [9.17, 15) is 4.79 Å². The summed E-state index contributed by atoms with van der Waals surface area (Å²) in [6, 6.07) is 7.98. The van der Waals surface area contributed by atoms with Crippen LogP contribution in [0, 0.1) is 26.7 Å². The molecule has 0 aliphatic rings. The summed E-state index contributed by atoms with van der Waals surface area (Å²) in [5, 5.41) is 12.7. The predicted molar refractivity (Wildman–Crippen MR) is 111 cm³/mol. The van der Waals surface area contributed by atoms with Gasteiger partial charge in [-0.15, -0.1) is 0 Å². The van der Waals surface area contributed by atoms with Crippen molar-refractivity contribution in [2.45, 2.75) is 34.6 Å². The number of rotatable bonds is 4. The first kappa shape index (κ1) is 18.8. The first-order valence-electron chi connectivity index (χ1n) is 9.49. The molecule has 0 spiro atoms. The van der Waals surface area contributed by atoms with E-state index in [1.807, 2.05) is 32.9 Å². The van der Waals surface area contributed by atoms with Gasteiger partial charge in [-0.1, -0.05) is 19.9 Å². The van der Waals surface area contributed by atoms with Gasteiger partial charge in [0.15, 0.2) is 11.5 Å². The van der Waals surface area contributed by atoms with E-state index < -0.39 is 0 Å². The first-order valence-corrected chi connectivity index (χ1v) is 9.49. The molecule has 148 valence electrons. The molecule has 8 heteroatoms. The summed E-state index contributed by atoms with van der Waals surface area (Å²) in [5.41, 5.74) is 4.78. The van der Waals surface area contributed by atoms with E-state index in [1.54, 1.807) is 15.6 Å². The summed E-state index contributed by atoms with van der Waals surface area (Å²) < 4.78 is 3.42. The number of benzene rings is 1. The van der Waals surface area contributed by atoms with Gasteiger partial charge >= 0.3 is 0 Å². The molecule has 0 bridgehead atoms. The molecule has 0 fully saturated rings. The van der Waals surface area contributed by atoms with Crippen molar-refractivity contribution in [2.24, 2.45) is 5.92 Å². The van der Waals surface area contributed by atoms with Crippen molar-refractivity contribution in [1.82, 2.24) is 29.5 Å². The van der Waals surface area contributed by atoms with Crippen molar-refractivity contribution in [3.05, 3.63) is 53.6 Å². The van der Waals surface area contributed by atoms with Crippen LogP contribution in [-0.2, 0) is 4.79 Å². The molecular formula is C21H23N7O. The molecule has 4 aromatic rings. The monoisotopic (exact) mass is 389 g/mol. The number of amides is 1. The minimum Gasteiger partial charge on any atom is -0.310 e. The molecule has 29 heavy (non-hydrogen) atoms. The van der Waals surface area contributed by atoms with Crippen molar-refractivity contribution in [1.29, 1.82) is 0 Å². The largest absolute Gasteiger partial charge is 0.310 e. The Bertz CT molecular complexity index is 1220. The lowest BCUT2D eigenvalue weighted by Gasteiger charge is -2.10. The summed E-state index contributed by atoms with van der Waals surface area (Å²) in [6.45, 7) is 9.71. The molecule has 3 heterocycles. The summed E-state index contributed by atoms with van der Waals surface area (Å²) in [7, 11) is 0. The Hall–Kier alpha value is -3.55. The molecule has 0 aliphatic carbocycles. The average molecular weight is 389 g/mol. The van der Waals surface area contributed by atoms with Crippen molar-refractivity contribution >= 4 is 22.8 Å². The van der Waals surface area contributed by atoms with Gasteiger partial charge in [0.2, 0.25) is 5.91 Å². The predicted octanol–water partition coefficient (Wildman–Crippen LogP) is 3.52. The van der Waals surface area contributed by atoms with Crippen molar-refractivity contribution in [2.75, 3.05) is 5.32 Å². The Balaban J connectivity index is 1.84. The molecular weight excluding hydrogens is 366 g/mol. The Morgan fingerprint density at radius 1 is 1.03 bits per heavy atom. The number of hydrogen-bond donors (Lipinski definition) is 1. The number of fused-ring (bicyclic) bond motifs is 1. The third-order valence-electron chi connectivity index (χ3n) is 4.89. The second-order valence-electron chi connectivity index (χ2n) is 7.49. The number of carbonyl (C=O) groups excluding carboxylic acids is 1. The van der Waals surface area contributed by atoms with Crippen LogP contribution in [0.1, 0.15) is 30.7 Å². The van der Waals surface area contributed by atoms with Crippen LogP contribution < -0.4 is 5.32 Å². The van der Waals surface area contributed by atoms with E-state index in [0.717, 1.165) is 16.8 Å². The molecule has 4 rings (SSSR count). The number of aryl methyl sites for hydroxylation is 3. The number of nitrogens with one attached hydrogen (secondary N) is 1. The van der Waals surface area contributed by atoms with E-state index in [0.29, 0.717) is 17.3 Å². The fourth-order valence-electron chi connectivity index (χ4n) is 3.07. The van der Waals surface area contributed by atoms with Crippen LogP contribution in [0.3, 0.4) is 0 Å². The maximum absolute atomic E-state index is 12.2. The fraction of sp³-hybridized carbons (Fsp3) is 0.286. The first-order chi connectivity index (χ1) is 13.8. The maximum atomic E-state index is 12.2. The van der Waals surface area contributed by atoms with Crippen LogP contribution in [-0.4, -0.2) is 35.4 Å². The Labute approximate surface area is 168 Å². The van der Waals surface area contributed by atoms with Crippen LogP contribution in [0.15, 0.2) is 36.8 Å². The van der Waals surface area contributed by atoms with E-state index in [-0.39, 0.29) is 11.8 Å². The zero-order chi connectivity index (χ0) is 20.7. The number of nitrogens with zero attached hydrogens (tertiary/aromatic N) is 6. The summed E-state index contributed by atoms with van der Waals surface area (Å²) in [6.07, 6.45) is 3.22. The van der Waals surface area contributed by atoms with Gasteiger partial charge in [-0.3, -0.25) is 4.79 Å². The van der Waals surface area contributed by atoms with Gasteiger partial charge in [-0.05, 0) is 44.0 Å². The van der Waals surface area contributed by atoms with Crippen LogP contribution >= 0.6 is 0 Å². The van der Waals surface area contributed by atoms with Crippen LogP contribution in [0.5, 0.6) is 0 Å². The summed E-state index contributed by atoms with van der Waals surface area (Å²) >= 11 is 0. The highest BCUT2D eigenvalue weighted by Crippen LogP contribution is 2.25. The average Bonchev–Trinajstić information content (AvgIpc) is 3.27. The smallest absolute Gasteiger partial charge is 0.228 e. The van der Waals surface area contributed by atoms with Gasteiger partial charge in [0.05, 0.1) is 23.0 Å². The van der Waals surface area contributed by atoms with Gasteiger partial charge in [-0.2, -0.15) is 14.9 Å². The fourth-order valence-corrected chi connectivity index (χ4v) is 3.07. The van der Waals surface area contributed by atoms with E-state index in [1.165, 1.54) is 17.5 Å². The number of carbonyl (C=O) groups is 1. The number of anilines is 1. The second-order valence-corrected chi connectivity index (χ2v) is 7.49. The molecule has 1 aromatic carbocycles. The molecule has 0 aliphatic heterocycles. The second kappa shape index (κ2) is 7.12. The molecule has 0 atom stereocenters. The zero-order valence-electron chi connectivity index (χ0n) is 17.1. The quantitative estimate of drug-likeness (QED) is 0.577. The topological polar surface area (TPSA) is 90.5 Å². The van der Waals surface area contributed by atoms with Crippen molar-refractivity contribution in [3.8, 4) is 11.5 Å². The molecule has 1 N–H and O–H groups in total. The van der Waals surface area contributed by atoms with Gasteiger partial charge in [0, 0.05) is 12.0 Å².